The van der Waals surface area contributed by atoms with Crippen LogP contribution in [0.4, 0.5) is 0 Å². The average molecular weight is 649 g/mol. The standard InChI is InChI=1S/C37H60O9/c1-21(10-9-15-32(2,3)42)22-13-16-35(7)24-14-17-37-25(36(24,31(43-8)46-37)19-18-34(22,35)6)11-12-26(33(37,4)5)45-30-29(41)28(40)27(39)23(20-38)44-30/h9,14-15,17,21-31,38-42H,10-13,16,18-20H2,1-8H3/b15-9+. The number of fused-ring (bicyclic) bond motifs is 2. The zero-order chi connectivity index (χ0) is 33.7. The first-order chi connectivity index (χ1) is 21.4. The highest BCUT2D eigenvalue weighted by atomic mass is 16.7. The van der Waals surface area contributed by atoms with Crippen molar-refractivity contribution in [2.45, 2.75) is 148 Å². The van der Waals surface area contributed by atoms with Gasteiger partial charge in [0.05, 0.1) is 18.3 Å². The molecule has 4 aliphatic carbocycles. The van der Waals surface area contributed by atoms with E-state index in [0.29, 0.717) is 17.8 Å². The van der Waals surface area contributed by atoms with Gasteiger partial charge in [0.25, 0.3) is 0 Å². The molecule has 3 saturated carbocycles. The van der Waals surface area contributed by atoms with E-state index in [-0.39, 0.29) is 34.6 Å². The van der Waals surface area contributed by atoms with Crippen LogP contribution in [-0.4, -0.2) is 93.6 Å². The van der Waals surface area contributed by atoms with Gasteiger partial charge in [-0.1, -0.05) is 58.9 Å². The van der Waals surface area contributed by atoms with E-state index < -0.39 is 53.9 Å². The molecular formula is C37H60O9. The van der Waals surface area contributed by atoms with Gasteiger partial charge in [-0.2, -0.15) is 0 Å². The van der Waals surface area contributed by atoms with E-state index in [0.717, 1.165) is 38.5 Å². The van der Waals surface area contributed by atoms with Crippen LogP contribution >= 0.6 is 0 Å². The van der Waals surface area contributed by atoms with Gasteiger partial charge in [0, 0.05) is 23.9 Å². The molecule has 262 valence electrons. The Balaban J connectivity index is 1.30. The number of allylic oxidation sites excluding steroid dienone is 2. The van der Waals surface area contributed by atoms with E-state index in [2.05, 4.69) is 52.8 Å². The minimum absolute atomic E-state index is 0.0745. The van der Waals surface area contributed by atoms with Crippen LogP contribution in [0.5, 0.6) is 0 Å². The molecule has 6 rings (SSSR count). The fourth-order valence-corrected chi connectivity index (χ4v) is 11.8. The molecule has 6 aliphatic rings. The van der Waals surface area contributed by atoms with E-state index in [4.69, 9.17) is 18.9 Å². The lowest BCUT2D eigenvalue weighted by molar-refractivity contribution is -0.331. The van der Waals surface area contributed by atoms with Gasteiger partial charge in [-0.15, -0.1) is 0 Å². The molecule has 15 atom stereocenters. The summed E-state index contributed by atoms with van der Waals surface area (Å²) < 4.78 is 25.7. The highest BCUT2D eigenvalue weighted by Gasteiger charge is 2.78. The van der Waals surface area contributed by atoms with Crippen molar-refractivity contribution < 1.29 is 44.5 Å². The summed E-state index contributed by atoms with van der Waals surface area (Å²) in [5.74, 6) is 1.62. The SMILES string of the molecule is COC1OC23C=CC4C1(CCC1(C)C(C(C)C/C=C/C(C)(C)O)CCC41C)C2CCC(OC1OC(CO)C(O)C(O)C1O)C3(C)C. The smallest absolute Gasteiger partial charge is 0.186 e. The van der Waals surface area contributed by atoms with Crippen molar-refractivity contribution in [3.8, 4) is 0 Å². The van der Waals surface area contributed by atoms with Gasteiger partial charge in [-0.3, -0.25) is 0 Å². The number of aliphatic hydroxyl groups excluding tert-OH is 4. The summed E-state index contributed by atoms with van der Waals surface area (Å²) in [5.41, 5.74) is -1.94. The van der Waals surface area contributed by atoms with Gasteiger partial charge in [0.15, 0.2) is 12.6 Å². The van der Waals surface area contributed by atoms with Crippen molar-refractivity contribution in [3.63, 3.8) is 0 Å². The van der Waals surface area contributed by atoms with Crippen molar-refractivity contribution in [1.29, 1.82) is 0 Å². The summed E-state index contributed by atoms with van der Waals surface area (Å²) in [7, 11) is 1.78. The lowest BCUT2D eigenvalue weighted by Crippen LogP contribution is -2.66. The Bertz CT molecular complexity index is 1190. The number of methoxy groups -OCH3 is 1. The third-order valence-corrected chi connectivity index (χ3v) is 14.5. The number of ether oxygens (including phenoxy) is 4. The molecule has 46 heavy (non-hydrogen) atoms. The number of rotatable bonds is 8. The summed E-state index contributed by atoms with van der Waals surface area (Å²) in [4.78, 5) is 0. The number of hydrogen-bond donors (Lipinski definition) is 5. The Morgan fingerprint density at radius 2 is 1.70 bits per heavy atom. The predicted molar refractivity (Wildman–Crippen MR) is 172 cm³/mol. The van der Waals surface area contributed by atoms with Gasteiger partial charge >= 0.3 is 0 Å². The highest BCUT2D eigenvalue weighted by Crippen LogP contribution is 2.79. The van der Waals surface area contributed by atoms with Crippen molar-refractivity contribution >= 4 is 0 Å². The summed E-state index contributed by atoms with van der Waals surface area (Å²) in [6.07, 6.45) is 8.60. The molecular weight excluding hydrogens is 588 g/mol. The summed E-state index contributed by atoms with van der Waals surface area (Å²) in [5, 5.41) is 51.5. The Labute approximate surface area is 275 Å². The second kappa shape index (κ2) is 11.6. The molecule has 5 fully saturated rings. The van der Waals surface area contributed by atoms with E-state index in [9.17, 15) is 25.5 Å². The minimum Gasteiger partial charge on any atom is -0.394 e. The van der Waals surface area contributed by atoms with Gasteiger partial charge in [-0.05, 0) is 87.4 Å². The first-order valence-electron chi connectivity index (χ1n) is 17.7. The van der Waals surface area contributed by atoms with E-state index in [1.807, 2.05) is 19.9 Å². The number of hydrogen-bond acceptors (Lipinski definition) is 9. The van der Waals surface area contributed by atoms with E-state index in [1.165, 1.54) is 6.42 Å². The van der Waals surface area contributed by atoms with Crippen molar-refractivity contribution in [1.82, 2.24) is 0 Å². The molecule has 2 heterocycles. The zero-order valence-corrected chi connectivity index (χ0v) is 29.2. The summed E-state index contributed by atoms with van der Waals surface area (Å²) in [6, 6.07) is 0. The average Bonchev–Trinajstić information content (AvgIpc) is 3.36. The first kappa shape index (κ1) is 35.0. The molecule has 2 aliphatic heterocycles. The molecule has 15 unspecified atom stereocenters. The third kappa shape index (κ3) is 4.73. The maximum atomic E-state index is 10.8. The molecule has 5 N–H and O–H groups in total. The van der Waals surface area contributed by atoms with Gasteiger partial charge < -0.3 is 44.5 Å². The van der Waals surface area contributed by atoms with Crippen LogP contribution in [-0.2, 0) is 18.9 Å². The highest BCUT2D eigenvalue weighted by molar-refractivity contribution is 5.34. The van der Waals surface area contributed by atoms with E-state index >= 15 is 0 Å². The monoisotopic (exact) mass is 648 g/mol. The van der Waals surface area contributed by atoms with Gasteiger partial charge in [0.1, 0.15) is 30.0 Å². The zero-order valence-electron chi connectivity index (χ0n) is 29.2. The van der Waals surface area contributed by atoms with Crippen LogP contribution in [0.1, 0.15) is 93.4 Å². The summed E-state index contributed by atoms with van der Waals surface area (Å²) in [6.45, 7) is 14.9. The Morgan fingerprint density at radius 1 is 0.978 bits per heavy atom. The van der Waals surface area contributed by atoms with Gasteiger partial charge in [0.2, 0.25) is 0 Å². The molecule has 0 aromatic carbocycles. The lowest BCUT2D eigenvalue weighted by atomic mass is 9.38. The molecule has 9 heteroatoms. The van der Waals surface area contributed by atoms with E-state index in [1.54, 1.807) is 7.11 Å². The van der Waals surface area contributed by atoms with Crippen LogP contribution in [0.3, 0.4) is 0 Å². The second-order valence-electron chi connectivity index (χ2n) is 17.4. The van der Waals surface area contributed by atoms with Crippen LogP contribution in [0.25, 0.3) is 0 Å². The predicted octanol–water partition coefficient (Wildman–Crippen LogP) is 4.09. The molecule has 0 aromatic rings. The second-order valence-corrected chi connectivity index (χ2v) is 17.4. The first-order valence-corrected chi connectivity index (χ1v) is 17.7. The Morgan fingerprint density at radius 3 is 2.35 bits per heavy atom. The number of aliphatic hydroxyl groups is 5. The largest absolute Gasteiger partial charge is 0.394 e. The van der Waals surface area contributed by atoms with Crippen molar-refractivity contribution in [2.75, 3.05) is 13.7 Å². The Kier molecular flexibility index (Phi) is 8.81. The Hall–Kier alpha value is -0.880. The molecule has 2 bridgehead atoms. The fraction of sp³-hybridized carbons (Fsp3) is 0.892. The van der Waals surface area contributed by atoms with Crippen LogP contribution in [0.15, 0.2) is 24.3 Å². The molecule has 0 aromatic heterocycles. The molecule has 9 nitrogen and oxygen atoms in total. The van der Waals surface area contributed by atoms with Crippen LogP contribution in [0.2, 0.25) is 0 Å². The normalized spacial score (nSPS) is 51.9. The molecule has 0 radical (unpaired) electrons. The van der Waals surface area contributed by atoms with Crippen molar-refractivity contribution in [2.24, 2.45) is 45.3 Å². The maximum Gasteiger partial charge on any atom is 0.186 e. The molecule has 1 spiro atoms. The maximum absolute atomic E-state index is 10.8. The molecule has 0 amide bonds. The fourth-order valence-electron chi connectivity index (χ4n) is 11.8. The van der Waals surface area contributed by atoms with Crippen LogP contribution in [0, 0.1) is 45.3 Å². The topological polar surface area (TPSA) is 138 Å². The lowest BCUT2D eigenvalue weighted by Gasteiger charge is -2.65. The minimum atomic E-state index is -1.49. The quantitative estimate of drug-likeness (QED) is 0.247. The molecule has 2 saturated heterocycles. The van der Waals surface area contributed by atoms with Gasteiger partial charge in [-0.25, -0.2) is 0 Å². The third-order valence-electron chi connectivity index (χ3n) is 14.5. The van der Waals surface area contributed by atoms with Crippen LogP contribution < -0.4 is 0 Å². The van der Waals surface area contributed by atoms with Crippen molar-refractivity contribution in [3.05, 3.63) is 24.3 Å². The summed E-state index contributed by atoms with van der Waals surface area (Å²) >= 11 is 0.